The Morgan fingerprint density at radius 1 is 0.909 bits per heavy atom. The molecule has 3 heterocycles. The first kappa shape index (κ1) is 21.2. The number of phenols is 1. The van der Waals surface area contributed by atoms with Crippen molar-refractivity contribution in [2.45, 2.75) is 32.9 Å². The summed E-state index contributed by atoms with van der Waals surface area (Å²) in [5.74, 6) is 0.229. The minimum atomic E-state index is -0.112. The fraction of sp³-hybridized carbons (Fsp3) is 0.185. The largest absolute Gasteiger partial charge is 0.508 e. The van der Waals surface area contributed by atoms with Crippen molar-refractivity contribution in [2.75, 3.05) is 4.90 Å². The van der Waals surface area contributed by atoms with Gasteiger partial charge in [0.25, 0.3) is 0 Å². The smallest absolute Gasteiger partial charge is 0.174 e. The first-order valence-electron chi connectivity index (χ1n) is 11.0. The zero-order valence-electron chi connectivity index (χ0n) is 18.9. The van der Waals surface area contributed by atoms with Gasteiger partial charge in [0.15, 0.2) is 5.11 Å². The van der Waals surface area contributed by atoms with Crippen molar-refractivity contribution in [1.29, 1.82) is 0 Å². The van der Waals surface area contributed by atoms with Gasteiger partial charge in [-0.3, -0.25) is 4.98 Å². The number of benzene rings is 2. The topological polar surface area (TPSA) is 53.3 Å². The molecule has 2 N–H and O–H groups in total. The Kier molecular flexibility index (Phi) is 5.38. The predicted octanol–water partition coefficient (Wildman–Crippen LogP) is 5.68. The van der Waals surface area contributed by atoms with Gasteiger partial charge in [-0.05, 0) is 93.1 Å². The summed E-state index contributed by atoms with van der Waals surface area (Å²) < 4.78 is 2.29. The number of phenolic OH excluding ortho intramolecular Hbond substituents is 1. The van der Waals surface area contributed by atoms with E-state index in [1.54, 1.807) is 12.1 Å². The summed E-state index contributed by atoms with van der Waals surface area (Å²) in [5.41, 5.74) is 7.75. The molecule has 0 aliphatic carbocycles. The van der Waals surface area contributed by atoms with Gasteiger partial charge in [-0.25, -0.2) is 0 Å². The quantitative estimate of drug-likeness (QED) is 0.389. The molecule has 0 unspecified atom stereocenters. The minimum absolute atomic E-state index is 0.0951. The molecule has 2 aromatic carbocycles. The molecule has 33 heavy (non-hydrogen) atoms. The maximum atomic E-state index is 9.83. The van der Waals surface area contributed by atoms with Crippen LogP contribution in [0, 0.1) is 20.8 Å². The fourth-order valence-corrected chi connectivity index (χ4v) is 5.09. The van der Waals surface area contributed by atoms with E-state index in [0.717, 1.165) is 28.5 Å². The molecule has 0 radical (unpaired) electrons. The van der Waals surface area contributed by atoms with Crippen LogP contribution in [0.15, 0.2) is 79.0 Å². The van der Waals surface area contributed by atoms with Gasteiger partial charge in [-0.1, -0.05) is 23.8 Å². The molecule has 0 amide bonds. The van der Waals surface area contributed by atoms with Crippen LogP contribution in [0.2, 0.25) is 0 Å². The maximum Gasteiger partial charge on any atom is 0.174 e. The van der Waals surface area contributed by atoms with Crippen LogP contribution < -0.4 is 10.2 Å². The van der Waals surface area contributed by atoms with Crippen LogP contribution in [-0.2, 0) is 0 Å². The Hall–Kier alpha value is -3.64. The van der Waals surface area contributed by atoms with Crippen LogP contribution in [0.3, 0.4) is 0 Å². The molecular weight excluding hydrogens is 428 g/mol. The van der Waals surface area contributed by atoms with Gasteiger partial charge >= 0.3 is 0 Å². The van der Waals surface area contributed by atoms with E-state index in [-0.39, 0.29) is 17.8 Å². The summed E-state index contributed by atoms with van der Waals surface area (Å²) in [5, 5.41) is 14.0. The molecule has 2 aromatic heterocycles. The fourth-order valence-electron chi connectivity index (χ4n) is 4.74. The molecule has 0 spiro atoms. The molecule has 1 saturated heterocycles. The Balaban J connectivity index is 1.67. The third-order valence-corrected chi connectivity index (χ3v) is 6.62. The zero-order chi connectivity index (χ0) is 23.1. The average molecular weight is 455 g/mol. The Morgan fingerprint density at radius 2 is 1.61 bits per heavy atom. The third kappa shape index (κ3) is 3.76. The van der Waals surface area contributed by atoms with Crippen LogP contribution in [0.5, 0.6) is 5.75 Å². The highest BCUT2D eigenvalue weighted by molar-refractivity contribution is 7.80. The Morgan fingerprint density at radius 3 is 2.27 bits per heavy atom. The van der Waals surface area contributed by atoms with Gasteiger partial charge < -0.3 is 19.9 Å². The summed E-state index contributed by atoms with van der Waals surface area (Å²) in [7, 11) is 0. The molecule has 0 saturated carbocycles. The summed E-state index contributed by atoms with van der Waals surface area (Å²) in [6.45, 7) is 6.40. The summed E-state index contributed by atoms with van der Waals surface area (Å²) in [6.07, 6.45) is 1.82. The highest BCUT2D eigenvalue weighted by atomic mass is 32.1. The SMILES string of the molecule is Cc1ccc(-n2c(C)cc([C@H]3[C@@H](c4ccccn4)NC(=S)N3c3ccc(O)cc3)c2C)cc1. The molecule has 4 aromatic rings. The first-order chi connectivity index (χ1) is 15.9. The van der Waals surface area contributed by atoms with Crippen LogP contribution in [0.1, 0.15) is 40.3 Å². The lowest BCUT2D eigenvalue weighted by molar-refractivity contribution is 0.475. The zero-order valence-corrected chi connectivity index (χ0v) is 19.7. The molecule has 2 atom stereocenters. The van der Waals surface area contributed by atoms with Crippen LogP contribution >= 0.6 is 12.2 Å². The van der Waals surface area contributed by atoms with E-state index in [2.05, 4.69) is 70.9 Å². The molecule has 0 bridgehead atoms. The number of hydrogen-bond acceptors (Lipinski definition) is 3. The van der Waals surface area contributed by atoms with Crippen molar-refractivity contribution in [2.24, 2.45) is 0 Å². The van der Waals surface area contributed by atoms with Gasteiger partial charge in [-0.2, -0.15) is 0 Å². The van der Waals surface area contributed by atoms with E-state index in [4.69, 9.17) is 12.2 Å². The summed E-state index contributed by atoms with van der Waals surface area (Å²) in [4.78, 5) is 6.78. The molecule has 1 fully saturated rings. The van der Waals surface area contributed by atoms with Crippen molar-refractivity contribution in [3.63, 3.8) is 0 Å². The van der Waals surface area contributed by atoms with Crippen molar-refractivity contribution in [1.82, 2.24) is 14.9 Å². The molecule has 1 aliphatic rings. The van der Waals surface area contributed by atoms with Crippen LogP contribution in [-0.4, -0.2) is 19.8 Å². The third-order valence-electron chi connectivity index (χ3n) is 6.31. The maximum absolute atomic E-state index is 9.83. The second-order valence-corrected chi connectivity index (χ2v) is 8.90. The highest BCUT2D eigenvalue weighted by Gasteiger charge is 2.42. The van der Waals surface area contributed by atoms with Gasteiger partial charge in [0.05, 0.1) is 17.8 Å². The lowest BCUT2D eigenvalue weighted by Gasteiger charge is -2.28. The van der Waals surface area contributed by atoms with Gasteiger partial charge in [0.2, 0.25) is 0 Å². The predicted molar refractivity (Wildman–Crippen MR) is 136 cm³/mol. The first-order valence-corrected chi connectivity index (χ1v) is 11.4. The number of rotatable bonds is 4. The standard InChI is InChI=1S/C27H26N4OS/c1-17-7-9-20(10-8-17)30-18(2)16-23(19(30)3)26-25(24-6-4-5-15-28-24)29-27(33)31(26)21-11-13-22(32)14-12-21/h4-16,25-26,32H,1-3H3,(H,29,33)/t25-,26+/m1/s1. The molecule has 5 rings (SSSR count). The number of nitrogens with one attached hydrogen (secondary N) is 1. The Labute approximate surface area is 199 Å². The lowest BCUT2D eigenvalue weighted by atomic mass is 9.96. The average Bonchev–Trinajstić information content (AvgIpc) is 3.31. The molecule has 5 nitrogen and oxygen atoms in total. The second kappa shape index (κ2) is 8.37. The van der Waals surface area contributed by atoms with Crippen LogP contribution in [0.4, 0.5) is 5.69 Å². The lowest BCUT2D eigenvalue weighted by Crippen LogP contribution is -2.29. The number of anilines is 1. The second-order valence-electron chi connectivity index (χ2n) is 8.51. The highest BCUT2D eigenvalue weighted by Crippen LogP contribution is 2.43. The number of aryl methyl sites for hydroxylation is 2. The van der Waals surface area contributed by atoms with E-state index in [0.29, 0.717) is 5.11 Å². The van der Waals surface area contributed by atoms with E-state index in [1.807, 2.05) is 36.5 Å². The monoisotopic (exact) mass is 454 g/mol. The number of pyridine rings is 1. The number of nitrogens with zero attached hydrogens (tertiary/aromatic N) is 3. The van der Waals surface area contributed by atoms with Crippen molar-refractivity contribution in [3.05, 3.63) is 107 Å². The summed E-state index contributed by atoms with van der Waals surface area (Å²) in [6, 6.07) is 23.8. The normalized spacial score (nSPS) is 17.9. The van der Waals surface area contributed by atoms with Gasteiger partial charge in [0.1, 0.15) is 5.75 Å². The van der Waals surface area contributed by atoms with Gasteiger partial charge in [-0.15, -0.1) is 0 Å². The van der Waals surface area contributed by atoms with Crippen molar-refractivity contribution < 1.29 is 5.11 Å². The molecule has 166 valence electrons. The number of hydrogen-bond donors (Lipinski definition) is 2. The van der Waals surface area contributed by atoms with Crippen molar-refractivity contribution in [3.8, 4) is 11.4 Å². The van der Waals surface area contributed by atoms with E-state index in [1.165, 1.54) is 11.1 Å². The number of thiocarbonyl (C=S) groups is 1. The van der Waals surface area contributed by atoms with Crippen molar-refractivity contribution >= 4 is 23.0 Å². The molecule has 6 heteroatoms. The number of aromatic nitrogens is 2. The van der Waals surface area contributed by atoms with Gasteiger partial charge in [0, 0.05) is 29.0 Å². The number of aromatic hydroxyl groups is 1. The van der Waals surface area contributed by atoms with E-state index in [9.17, 15) is 5.11 Å². The van der Waals surface area contributed by atoms with E-state index >= 15 is 0 Å². The van der Waals surface area contributed by atoms with E-state index < -0.39 is 0 Å². The minimum Gasteiger partial charge on any atom is -0.508 e. The summed E-state index contributed by atoms with van der Waals surface area (Å²) >= 11 is 5.82. The van der Waals surface area contributed by atoms with Crippen LogP contribution in [0.25, 0.3) is 5.69 Å². The molecular formula is C27H26N4OS. The molecule has 1 aliphatic heterocycles. The Bertz CT molecular complexity index is 1300.